The molecule has 7 heteroatoms. The summed E-state index contributed by atoms with van der Waals surface area (Å²) in [6.07, 6.45) is 0. The summed E-state index contributed by atoms with van der Waals surface area (Å²) in [7, 11) is 0. The van der Waals surface area contributed by atoms with Crippen molar-refractivity contribution in [2.45, 2.75) is 6.54 Å². The van der Waals surface area contributed by atoms with Gasteiger partial charge in [0.25, 0.3) is 11.5 Å². The van der Waals surface area contributed by atoms with Crippen LogP contribution >= 0.6 is 11.6 Å². The van der Waals surface area contributed by atoms with Crippen LogP contribution in [0.1, 0.15) is 0 Å². The lowest BCUT2D eigenvalue weighted by Crippen LogP contribution is -2.34. The highest BCUT2D eigenvalue weighted by Crippen LogP contribution is 2.15. The molecule has 0 aliphatic carbocycles. The minimum absolute atomic E-state index is 0.117. The van der Waals surface area contributed by atoms with Crippen LogP contribution in [0.4, 0.5) is 0 Å². The minimum atomic E-state index is -0.280. The summed E-state index contributed by atoms with van der Waals surface area (Å²) in [5.41, 5.74) is 1.40. The Morgan fingerprint density at radius 3 is 2.52 bits per heavy atom. The molecule has 3 aromatic rings. The summed E-state index contributed by atoms with van der Waals surface area (Å²) in [5, 5.41) is 7.66. The lowest BCUT2D eigenvalue weighted by atomic mass is 10.1. The first-order chi connectivity index (χ1) is 13.1. The van der Waals surface area contributed by atoms with Gasteiger partial charge in [-0.2, -0.15) is 5.10 Å². The maximum Gasteiger partial charge on any atom is 0.266 e. The van der Waals surface area contributed by atoms with Gasteiger partial charge in [-0.1, -0.05) is 41.9 Å². The Morgan fingerprint density at radius 1 is 1.04 bits per heavy atom. The molecule has 3 rings (SSSR count). The Labute approximate surface area is 161 Å². The summed E-state index contributed by atoms with van der Waals surface area (Å²) in [5.74, 6) is 0.278. The molecule has 0 bridgehead atoms. The number of nitrogens with one attached hydrogen (secondary N) is 1. The summed E-state index contributed by atoms with van der Waals surface area (Å²) >= 11 is 5.80. The lowest BCUT2D eigenvalue weighted by Gasteiger charge is -2.09. The number of halogens is 1. The zero-order chi connectivity index (χ0) is 19.1. The van der Waals surface area contributed by atoms with Gasteiger partial charge in [-0.3, -0.25) is 9.59 Å². The predicted octanol–water partition coefficient (Wildman–Crippen LogP) is 2.76. The number of carbonyl (C=O) groups is 1. The molecule has 138 valence electrons. The molecular weight excluding hydrogens is 366 g/mol. The molecule has 1 aromatic heterocycles. The van der Waals surface area contributed by atoms with Crippen molar-refractivity contribution < 1.29 is 9.53 Å². The van der Waals surface area contributed by atoms with Crippen LogP contribution in [0.2, 0.25) is 5.02 Å². The maximum absolute atomic E-state index is 12.0. The van der Waals surface area contributed by atoms with E-state index in [0.717, 1.165) is 5.56 Å². The second kappa shape index (κ2) is 9.00. The molecule has 0 spiro atoms. The molecule has 6 nitrogen and oxygen atoms in total. The van der Waals surface area contributed by atoms with Crippen molar-refractivity contribution in [3.05, 3.63) is 82.1 Å². The normalized spacial score (nSPS) is 10.4. The van der Waals surface area contributed by atoms with Crippen LogP contribution in [0.15, 0.2) is 71.5 Å². The van der Waals surface area contributed by atoms with E-state index in [1.165, 1.54) is 10.7 Å². The average Bonchev–Trinajstić information content (AvgIpc) is 2.69. The number of ether oxygens (including phenoxy) is 1. The van der Waals surface area contributed by atoms with Gasteiger partial charge in [0, 0.05) is 23.2 Å². The largest absolute Gasteiger partial charge is 0.484 e. The quantitative estimate of drug-likeness (QED) is 0.680. The van der Waals surface area contributed by atoms with Gasteiger partial charge in [-0.25, -0.2) is 4.68 Å². The van der Waals surface area contributed by atoms with Crippen LogP contribution < -0.4 is 15.6 Å². The fourth-order valence-electron chi connectivity index (χ4n) is 2.40. The molecular formula is C20H18ClN3O3. The van der Waals surface area contributed by atoms with E-state index in [1.807, 2.05) is 30.3 Å². The minimum Gasteiger partial charge on any atom is -0.484 e. The highest BCUT2D eigenvalue weighted by molar-refractivity contribution is 6.30. The Morgan fingerprint density at radius 2 is 1.78 bits per heavy atom. The monoisotopic (exact) mass is 383 g/mol. The summed E-state index contributed by atoms with van der Waals surface area (Å²) in [6.45, 7) is 0.425. The van der Waals surface area contributed by atoms with E-state index < -0.39 is 0 Å². The molecule has 1 amide bonds. The van der Waals surface area contributed by atoms with Gasteiger partial charge in [0.05, 0.1) is 12.2 Å². The standard InChI is InChI=1S/C20H18ClN3O3/c21-16-6-8-17(9-7-16)27-14-19(25)22-12-13-24-20(26)11-10-18(23-24)15-4-2-1-3-5-15/h1-11H,12-14H2,(H,22,25). The molecule has 0 saturated carbocycles. The van der Waals surface area contributed by atoms with Gasteiger partial charge >= 0.3 is 0 Å². The van der Waals surface area contributed by atoms with Crippen molar-refractivity contribution in [1.29, 1.82) is 0 Å². The van der Waals surface area contributed by atoms with E-state index in [2.05, 4.69) is 10.4 Å². The van der Waals surface area contributed by atoms with Crippen molar-refractivity contribution >= 4 is 17.5 Å². The van der Waals surface area contributed by atoms with Crippen molar-refractivity contribution in [2.24, 2.45) is 0 Å². The van der Waals surface area contributed by atoms with Crippen LogP contribution in [0, 0.1) is 0 Å². The van der Waals surface area contributed by atoms with Gasteiger partial charge < -0.3 is 10.1 Å². The van der Waals surface area contributed by atoms with Crippen molar-refractivity contribution in [1.82, 2.24) is 15.1 Å². The molecule has 27 heavy (non-hydrogen) atoms. The molecule has 0 saturated heterocycles. The number of aromatic nitrogens is 2. The highest BCUT2D eigenvalue weighted by atomic mass is 35.5. The molecule has 0 fully saturated rings. The number of benzene rings is 2. The van der Waals surface area contributed by atoms with Crippen molar-refractivity contribution in [3.63, 3.8) is 0 Å². The van der Waals surface area contributed by atoms with Crippen LogP contribution in [0.25, 0.3) is 11.3 Å². The fraction of sp³-hybridized carbons (Fsp3) is 0.150. The summed E-state index contributed by atoms with van der Waals surface area (Å²) in [4.78, 5) is 23.8. The van der Waals surface area contributed by atoms with Gasteiger partial charge in [0.1, 0.15) is 5.75 Å². The first-order valence-electron chi connectivity index (χ1n) is 8.40. The fourth-order valence-corrected chi connectivity index (χ4v) is 2.53. The number of hydrogen-bond donors (Lipinski definition) is 1. The third-order valence-corrected chi connectivity index (χ3v) is 4.02. The Hall–Kier alpha value is -3.12. The molecule has 1 N–H and O–H groups in total. The van der Waals surface area contributed by atoms with E-state index >= 15 is 0 Å². The Balaban J connectivity index is 1.51. The number of rotatable bonds is 7. The first kappa shape index (κ1) is 18.7. The predicted molar refractivity (Wildman–Crippen MR) is 104 cm³/mol. The molecule has 0 atom stereocenters. The molecule has 2 aromatic carbocycles. The van der Waals surface area contributed by atoms with Crippen LogP contribution in [0.5, 0.6) is 5.75 Å². The molecule has 0 unspecified atom stereocenters. The topological polar surface area (TPSA) is 73.2 Å². The van der Waals surface area contributed by atoms with E-state index in [4.69, 9.17) is 16.3 Å². The number of hydrogen-bond acceptors (Lipinski definition) is 4. The van der Waals surface area contributed by atoms with E-state index in [-0.39, 0.29) is 31.2 Å². The van der Waals surface area contributed by atoms with Gasteiger partial charge in [-0.05, 0) is 30.3 Å². The molecule has 0 aliphatic rings. The number of amides is 1. The second-order valence-electron chi connectivity index (χ2n) is 5.74. The first-order valence-corrected chi connectivity index (χ1v) is 8.78. The molecule has 0 radical (unpaired) electrons. The Bertz CT molecular complexity index is 956. The maximum atomic E-state index is 12.0. The summed E-state index contributed by atoms with van der Waals surface area (Å²) in [6, 6.07) is 19.5. The highest BCUT2D eigenvalue weighted by Gasteiger charge is 2.05. The van der Waals surface area contributed by atoms with Crippen LogP contribution in [-0.2, 0) is 11.3 Å². The molecule has 1 heterocycles. The number of carbonyl (C=O) groups excluding carboxylic acids is 1. The van der Waals surface area contributed by atoms with Crippen molar-refractivity contribution in [3.8, 4) is 17.0 Å². The number of nitrogens with zero attached hydrogens (tertiary/aromatic N) is 2. The Kier molecular flexibility index (Phi) is 6.22. The summed E-state index contributed by atoms with van der Waals surface area (Å²) < 4.78 is 6.71. The lowest BCUT2D eigenvalue weighted by molar-refractivity contribution is -0.123. The SMILES string of the molecule is O=C(COc1ccc(Cl)cc1)NCCn1nc(-c2ccccc2)ccc1=O. The van der Waals surface area contributed by atoms with E-state index in [1.54, 1.807) is 30.3 Å². The smallest absolute Gasteiger partial charge is 0.266 e. The average molecular weight is 384 g/mol. The van der Waals surface area contributed by atoms with Gasteiger partial charge in [0.2, 0.25) is 0 Å². The van der Waals surface area contributed by atoms with E-state index in [0.29, 0.717) is 16.5 Å². The van der Waals surface area contributed by atoms with Crippen LogP contribution in [-0.4, -0.2) is 28.8 Å². The van der Waals surface area contributed by atoms with Crippen LogP contribution in [0.3, 0.4) is 0 Å². The van der Waals surface area contributed by atoms with E-state index in [9.17, 15) is 9.59 Å². The van der Waals surface area contributed by atoms with Crippen molar-refractivity contribution in [2.75, 3.05) is 13.2 Å². The third kappa shape index (κ3) is 5.43. The zero-order valence-corrected chi connectivity index (χ0v) is 15.2. The van der Waals surface area contributed by atoms with Gasteiger partial charge in [-0.15, -0.1) is 0 Å². The second-order valence-corrected chi connectivity index (χ2v) is 6.17. The zero-order valence-electron chi connectivity index (χ0n) is 14.5. The third-order valence-electron chi connectivity index (χ3n) is 3.77. The van der Waals surface area contributed by atoms with Gasteiger partial charge in [0.15, 0.2) is 6.61 Å². The molecule has 0 aliphatic heterocycles.